The number of nitrogens with one attached hydrogen (secondary N) is 1. The zero-order valence-corrected chi connectivity index (χ0v) is 16.3. The highest BCUT2D eigenvalue weighted by Gasteiger charge is 2.15. The monoisotopic (exact) mass is 376 g/mol. The molecule has 1 N–H and O–H groups in total. The summed E-state index contributed by atoms with van der Waals surface area (Å²) in [6, 6.07) is 17.1. The predicted molar refractivity (Wildman–Crippen MR) is 112 cm³/mol. The molecule has 0 aliphatic carbocycles. The van der Waals surface area contributed by atoms with E-state index in [0.29, 0.717) is 12.2 Å². The number of aryl methyl sites for hydroxylation is 1. The Morgan fingerprint density at radius 3 is 2.64 bits per heavy atom. The SMILES string of the molecule is CCCCC(=O)c1cccc(Nc2cc(Cc3cccc(C)c3)ccn2)c1F. The Morgan fingerprint density at radius 1 is 1.07 bits per heavy atom. The van der Waals surface area contributed by atoms with Crippen LogP contribution in [0.25, 0.3) is 0 Å². The first-order valence-corrected chi connectivity index (χ1v) is 9.66. The van der Waals surface area contributed by atoms with Crippen molar-refractivity contribution in [3.8, 4) is 0 Å². The number of rotatable bonds is 8. The molecule has 1 aromatic heterocycles. The summed E-state index contributed by atoms with van der Waals surface area (Å²) in [6.45, 7) is 4.08. The van der Waals surface area contributed by atoms with Crippen molar-refractivity contribution in [1.82, 2.24) is 4.98 Å². The highest BCUT2D eigenvalue weighted by atomic mass is 19.1. The quantitative estimate of drug-likeness (QED) is 0.473. The van der Waals surface area contributed by atoms with Crippen LogP contribution in [0.4, 0.5) is 15.9 Å². The van der Waals surface area contributed by atoms with Gasteiger partial charge in [0, 0.05) is 12.6 Å². The molecule has 0 fully saturated rings. The van der Waals surface area contributed by atoms with Crippen molar-refractivity contribution < 1.29 is 9.18 Å². The molecule has 28 heavy (non-hydrogen) atoms. The van der Waals surface area contributed by atoms with Gasteiger partial charge < -0.3 is 5.32 Å². The lowest BCUT2D eigenvalue weighted by Gasteiger charge is -2.11. The minimum absolute atomic E-state index is 0.134. The Labute approximate surface area is 165 Å². The van der Waals surface area contributed by atoms with Crippen LogP contribution in [0.3, 0.4) is 0 Å². The summed E-state index contributed by atoms with van der Waals surface area (Å²) in [5, 5.41) is 3.02. The molecule has 0 spiro atoms. The van der Waals surface area contributed by atoms with Gasteiger partial charge in [0.1, 0.15) is 5.82 Å². The number of unbranched alkanes of at least 4 members (excludes halogenated alkanes) is 1. The number of carbonyl (C=O) groups is 1. The third-order valence-electron chi connectivity index (χ3n) is 4.63. The van der Waals surface area contributed by atoms with Gasteiger partial charge in [-0.05, 0) is 55.2 Å². The molecule has 3 nitrogen and oxygen atoms in total. The number of carbonyl (C=O) groups excluding carboxylic acids is 1. The number of nitrogens with zero attached hydrogens (tertiary/aromatic N) is 1. The summed E-state index contributed by atoms with van der Waals surface area (Å²) in [4.78, 5) is 16.5. The molecule has 4 heteroatoms. The van der Waals surface area contributed by atoms with Crippen molar-refractivity contribution in [2.24, 2.45) is 0 Å². The van der Waals surface area contributed by atoms with Gasteiger partial charge >= 0.3 is 0 Å². The highest BCUT2D eigenvalue weighted by Crippen LogP contribution is 2.24. The minimum atomic E-state index is -0.519. The van der Waals surface area contributed by atoms with Gasteiger partial charge in [0.05, 0.1) is 11.3 Å². The lowest BCUT2D eigenvalue weighted by Crippen LogP contribution is -2.05. The van der Waals surface area contributed by atoms with Crippen molar-refractivity contribution in [1.29, 1.82) is 0 Å². The van der Waals surface area contributed by atoms with E-state index < -0.39 is 5.82 Å². The molecule has 3 aromatic rings. The molecular weight excluding hydrogens is 351 g/mol. The van der Waals surface area contributed by atoms with Crippen LogP contribution in [0.2, 0.25) is 0 Å². The van der Waals surface area contributed by atoms with Crippen molar-refractivity contribution in [3.05, 3.63) is 88.9 Å². The Bertz CT molecular complexity index is 968. The Hall–Kier alpha value is -3.01. The molecular formula is C24H25FN2O. The lowest BCUT2D eigenvalue weighted by molar-refractivity contribution is 0.0976. The molecule has 0 aliphatic heterocycles. The summed E-state index contributed by atoms with van der Waals surface area (Å²) in [6.07, 6.45) is 4.51. The fourth-order valence-electron chi connectivity index (χ4n) is 3.16. The van der Waals surface area contributed by atoms with Crippen molar-refractivity contribution in [3.63, 3.8) is 0 Å². The van der Waals surface area contributed by atoms with Crippen LogP contribution >= 0.6 is 0 Å². The zero-order valence-electron chi connectivity index (χ0n) is 16.3. The van der Waals surface area contributed by atoms with Crippen LogP contribution < -0.4 is 5.32 Å². The number of hydrogen-bond acceptors (Lipinski definition) is 3. The molecule has 0 radical (unpaired) electrons. The van der Waals surface area contributed by atoms with Crippen LogP contribution in [0.1, 0.15) is 53.2 Å². The normalized spacial score (nSPS) is 10.7. The van der Waals surface area contributed by atoms with Gasteiger partial charge in [-0.3, -0.25) is 4.79 Å². The average molecular weight is 376 g/mol. The summed E-state index contributed by atoms with van der Waals surface area (Å²) in [5.74, 6) is -0.124. The van der Waals surface area contributed by atoms with Gasteiger partial charge in [0.2, 0.25) is 0 Å². The molecule has 1 heterocycles. The average Bonchev–Trinajstić information content (AvgIpc) is 2.68. The number of anilines is 2. The van der Waals surface area contributed by atoms with Crippen LogP contribution in [-0.2, 0) is 6.42 Å². The summed E-state index contributed by atoms with van der Waals surface area (Å²) in [5.41, 5.74) is 3.92. The van der Waals surface area contributed by atoms with E-state index in [9.17, 15) is 9.18 Å². The molecule has 144 valence electrons. The zero-order chi connectivity index (χ0) is 19.9. The number of pyridine rings is 1. The topological polar surface area (TPSA) is 42.0 Å². The lowest BCUT2D eigenvalue weighted by atomic mass is 10.0. The molecule has 0 aliphatic rings. The molecule has 0 bridgehead atoms. The molecule has 3 rings (SSSR count). The maximum atomic E-state index is 14.8. The van der Waals surface area contributed by atoms with E-state index in [1.807, 2.05) is 25.1 Å². The predicted octanol–water partition coefficient (Wildman–Crippen LogP) is 6.24. The number of Topliss-reactive ketones (excluding diaryl/α,β-unsaturated/α-hetero) is 1. The molecule has 0 saturated heterocycles. The second-order valence-corrected chi connectivity index (χ2v) is 7.03. The first-order valence-electron chi connectivity index (χ1n) is 9.66. The second kappa shape index (κ2) is 9.27. The first-order chi connectivity index (χ1) is 13.6. The van der Waals surface area contributed by atoms with Crippen LogP contribution in [0, 0.1) is 12.7 Å². The van der Waals surface area contributed by atoms with Crippen LogP contribution in [0.15, 0.2) is 60.8 Å². The van der Waals surface area contributed by atoms with E-state index in [0.717, 1.165) is 24.8 Å². The fourth-order valence-corrected chi connectivity index (χ4v) is 3.16. The molecule has 2 aromatic carbocycles. The van der Waals surface area contributed by atoms with Gasteiger partial charge in [0.25, 0.3) is 0 Å². The second-order valence-electron chi connectivity index (χ2n) is 7.03. The van der Waals surface area contributed by atoms with E-state index >= 15 is 0 Å². The number of ketones is 1. The third kappa shape index (κ3) is 5.03. The Morgan fingerprint density at radius 2 is 1.86 bits per heavy atom. The first kappa shape index (κ1) is 19.7. The van der Waals surface area contributed by atoms with Crippen molar-refractivity contribution >= 4 is 17.3 Å². The Kier molecular flexibility index (Phi) is 6.53. The maximum absolute atomic E-state index is 14.8. The number of aromatic nitrogens is 1. The van der Waals surface area contributed by atoms with Gasteiger partial charge in [-0.1, -0.05) is 49.2 Å². The van der Waals surface area contributed by atoms with Gasteiger partial charge in [-0.2, -0.15) is 0 Å². The van der Waals surface area contributed by atoms with E-state index in [1.165, 1.54) is 11.1 Å². The van der Waals surface area contributed by atoms with E-state index in [-0.39, 0.29) is 17.0 Å². The smallest absolute Gasteiger partial charge is 0.165 e. The number of halogens is 1. The summed E-state index contributed by atoms with van der Waals surface area (Å²) < 4.78 is 14.8. The molecule has 0 saturated carbocycles. The van der Waals surface area contributed by atoms with Gasteiger partial charge in [-0.15, -0.1) is 0 Å². The number of benzene rings is 2. The molecule has 0 amide bonds. The van der Waals surface area contributed by atoms with Gasteiger partial charge in [0.15, 0.2) is 11.6 Å². The highest BCUT2D eigenvalue weighted by molar-refractivity contribution is 5.97. The third-order valence-corrected chi connectivity index (χ3v) is 4.63. The Balaban J connectivity index is 1.78. The standard InChI is InChI=1S/C24H25FN2O/c1-3-4-11-22(28)20-9-6-10-21(24(20)25)27-23-16-19(12-13-26-23)15-18-8-5-7-17(2)14-18/h5-10,12-14,16H,3-4,11,15H2,1-2H3,(H,26,27). The van der Waals surface area contributed by atoms with E-state index in [4.69, 9.17) is 0 Å². The molecule has 0 unspecified atom stereocenters. The van der Waals surface area contributed by atoms with Crippen LogP contribution in [-0.4, -0.2) is 10.8 Å². The number of hydrogen-bond donors (Lipinski definition) is 1. The van der Waals surface area contributed by atoms with Gasteiger partial charge in [-0.25, -0.2) is 9.37 Å². The maximum Gasteiger partial charge on any atom is 0.165 e. The van der Waals surface area contributed by atoms with E-state index in [1.54, 1.807) is 24.4 Å². The largest absolute Gasteiger partial charge is 0.338 e. The minimum Gasteiger partial charge on any atom is -0.338 e. The van der Waals surface area contributed by atoms with E-state index in [2.05, 4.69) is 35.4 Å². The fraction of sp³-hybridized carbons (Fsp3) is 0.250. The van der Waals surface area contributed by atoms with Crippen molar-refractivity contribution in [2.75, 3.05) is 5.32 Å². The van der Waals surface area contributed by atoms with Crippen molar-refractivity contribution in [2.45, 2.75) is 39.5 Å². The summed E-state index contributed by atoms with van der Waals surface area (Å²) >= 11 is 0. The summed E-state index contributed by atoms with van der Waals surface area (Å²) in [7, 11) is 0. The molecule has 0 atom stereocenters. The van der Waals surface area contributed by atoms with Crippen LogP contribution in [0.5, 0.6) is 0 Å².